The highest BCUT2D eigenvalue weighted by Crippen LogP contribution is 2.22. The third-order valence-corrected chi connectivity index (χ3v) is 12.4. The maximum absolute atomic E-state index is 14.1. The molecule has 408 valence electrons. The molecule has 0 bridgehead atoms. The molecular formula is C46H81N13O13. The second-order valence-electron chi connectivity index (χ2n) is 19.5. The predicted octanol–water partition coefficient (Wildman–Crippen LogP) is -3.31. The van der Waals surface area contributed by atoms with E-state index in [1.807, 2.05) is 0 Å². The van der Waals surface area contributed by atoms with Crippen molar-refractivity contribution in [3.8, 4) is 0 Å². The molecule has 0 saturated carbocycles. The first-order valence-corrected chi connectivity index (χ1v) is 24.8. The van der Waals surface area contributed by atoms with Crippen molar-refractivity contribution < 1.29 is 63.3 Å². The van der Waals surface area contributed by atoms with Crippen LogP contribution in [0.4, 0.5) is 0 Å². The van der Waals surface area contributed by atoms with Gasteiger partial charge in [-0.3, -0.25) is 48.1 Å². The van der Waals surface area contributed by atoms with Crippen LogP contribution in [-0.4, -0.2) is 177 Å². The predicted molar refractivity (Wildman–Crippen MR) is 263 cm³/mol. The molecule has 9 atom stereocenters. The van der Waals surface area contributed by atoms with E-state index < -0.39 is 145 Å². The lowest BCUT2D eigenvalue weighted by molar-refractivity contribution is -0.144. The van der Waals surface area contributed by atoms with Crippen LogP contribution in [0.1, 0.15) is 119 Å². The molecule has 0 aromatic rings. The Hall–Kier alpha value is -6.15. The molecular weight excluding hydrogens is 943 g/mol. The first-order valence-electron chi connectivity index (χ1n) is 24.8. The summed E-state index contributed by atoms with van der Waals surface area (Å²) in [6.45, 7) is 9.89. The molecule has 0 aliphatic carbocycles. The van der Waals surface area contributed by atoms with Crippen LogP contribution in [0.5, 0.6) is 0 Å². The van der Waals surface area contributed by atoms with Crippen LogP contribution in [0.3, 0.4) is 0 Å². The van der Waals surface area contributed by atoms with Crippen LogP contribution in [0.25, 0.3) is 0 Å². The number of aliphatic imine (C=N–C) groups is 1. The van der Waals surface area contributed by atoms with E-state index >= 15 is 0 Å². The number of aliphatic carboxylic acids is 2. The third-order valence-electron chi connectivity index (χ3n) is 12.4. The lowest BCUT2D eigenvalue weighted by Gasteiger charge is -2.32. The van der Waals surface area contributed by atoms with Crippen molar-refractivity contribution in [2.45, 2.75) is 173 Å². The first-order chi connectivity index (χ1) is 33.8. The Morgan fingerprint density at radius 3 is 1.61 bits per heavy atom. The van der Waals surface area contributed by atoms with E-state index in [-0.39, 0.29) is 57.2 Å². The van der Waals surface area contributed by atoms with Gasteiger partial charge in [-0.1, -0.05) is 48.0 Å². The smallest absolute Gasteiger partial charge is 0.326 e. The van der Waals surface area contributed by atoms with Crippen molar-refractivity contribution in [2.75, 3.05) is 32.8 Å². The Bertz CT molecular complexity index is 1910. The van der Waals surface area contributed by atoms with Gasteiger partial charge in [0.1, 0.15) is 48.3 Å². The lowest BCUT2D eigenvalue weighted by Crippen LogP contribution is -2.61. The van der Waals surface area contributed by atoms with Crippen molar-refractivity contribution in [1.29, 1.82) is 0 Å². The molecule has 2 aliphatic rings. The molecule has 2 aliphatic heterocycles. The summed E-state index contributed by atoms with van der Waals surface area (Å²) in [5.74, 6) is -10.2. The van der Waals surface area contributed by atoms with Gasteiger partial charge in [0, 0.05) is 26.1 Å². The average Bonchev–Trinajstić information content (AvgIpc) is 4.01. The van der Waals surface area contributed by atoms with Crippen LogP contribution in [-0.2, 0) is 47.9 Å². The SMILES string of the molecule is CC(C)C[C@H](NC(=O)[C@H](CCC(=O)O)NC(=O)[C@@H](NC(=O)[C@@H](NC(=O)[C@@H]1CCCN1C(=O)[C@H](CO)NC(=O)[C@H](CCCN=C(N)N)NC(=O)[C@@H]1CCCN1C(=O)[C@@H](N)CCCCN)C(C)C)C(C)C)C(=O)O. The quantitative estimate of drug-likeness (QED) is 0.0184. The summed E-state index contributed by atoms with van der Waals surface area (Å²) < 4.78 is 0. The van der Waals surface area contributed by atoms with Crippen LogP contribution < -0.4 is 54.8 Å². The molecule has 0 spiro atoms. The number of hydrogen-bond donors (Lipinski definition) is 13. The van der Waals surface area contributed by atoms with Crippen molar-refractivity contribution in [3.05, 3.63) is 0 Å². The Balaban J connectivity index is 2.26. The average molecular weight is 1020 g/mol. The number of nitrogens with one attached hydrogen (secondary N) is 6. The van der Waals surface area contributed by atoms with Gasteiger partial charge in [-0.05, 0) is 88.5 Å². The highest BCUT2D eigenvalue weighted by Gasteiger charge is 2.42. The van der Waals surface area contributed by atoms with Crippen LogP contribution >= 0.6 is 0 Å². The molecule has 0 aromatic heterocycles. The Kier molecular flexibility index (Phi) is 26.4. The number of aliphatic hydroxyl groups excluding tert-OH is 1. The lowest BCUT2D eigenvalue weighted by atomic mass is 9.98. The van der Waals surface area contributed by atoms with E-state index in [4.69, 9.17) is 22.9 Å². The molecule has 2 fully saturated rings. The standard InChI is InChI=1S/C46H81N13O13/c1-24(2)22-30(45(71)72)54-38(64)29(16-17-34(61)62)53-41(67)35(25(3)4)57-42(68)36(26(5)6)56-40(66)33-15-11-21-59(33)44(70)31(23-60)55-37(63)28(13-9-19-51-46(49)50)52-39(65)32-14-10-20-58(32)43(69)27(48)12-7-8-18-47/h24-33,35-36,60H,7-23,47-48H2,1-6H3,(H,52,65)(H,53,67)(H,54,64)(H,55,63)(H,56,66)(H,57,68)(H,61,62)(H,71,72)(H4,49,50,51)/t27-,28-,29-,30-,31-,32-,33-,35-,36-/m0/s1. The first kappa shape index (κ1) is 62.0. The van der Waals surface area contributed by atoms with Gasteiger partial charge in [0.2, 0.25) is 47.3 Å². The van der Waals surface area contributed by atoms with Gasteiger partial charge in [-0.15, -0.1) is 0 Å². The number of carboxylic acids is 2. The van der Waals surface area contributed by atoms with Gasteiger partial charge >= 0.3 is 11.9 Å². The third kappa shape index (κ3) is 19.8. The highest BCUT2D eigenvalue weighted by molar-refractivity contribution is 5.98. The molecule has 0 unspecified atom stereocenters. The van der Waals surface area contributed by atoms with E-state index in [1.165, 1.54) is 9.80 Å². The molecule has 0 radical (unpaired) electrons. The number of nitrogens with two attached hydrogens (primary N) is 4. The number of amides is 8. The fraction of sp³-hybridized carbons (Fsp3) is 0.761. The van der Waals surface area contributed by atoms with E-state index in [2.05, 4.69) is 36.9 Å². The Labute approximate surface area is 420 Å². The fourth-order valence-corrected chi connectivity index (χ4v) is 8.48. The number of nitrogens with zero attached hydrogens (tertiary/aromatic N) is 3. The van der Waals surface area contributed by atoms with Gasteiger partial charge in [-0.25, -0.2) is 4.79 Å². The summed E-state index contributed by atoms with van der Waals surface area (Å²) in [5.41, 5.74) is 22.7. The maximum atomic E-state index is 14.1. The zero-order chi connectivity index (χ0) is 54.4. The summed E-state index contributed by atoms with van der Waals surface area (Å²) in [5, 5.41) is 44.7. The zero-order valence-electron chi connectivity index (χ0n) is 42.5. The Morgan fingerprint density at radius 2 is 1.11 bits per heavy atom. The number of guanidine groups is 1. The molecule has 2 saturated heterocycles. The Morgan fingerprint density at radius 1 is 0.611 bits per heavy atom. The highest BCUT2D eigenvalue weighted by atomic mass is 16.4. The molecule has 26 nitrogen and oxygen atoms in total. The normalized spacial score (nSPS) is 18.5. The molecule has 2 heterocycles. The molecule has 72 heavy (non-hydrogen) atoms. The van der Waals surface area contributed by atoms with Crippen LogP contribution in [0.15, 0.2) is 4.99 Å². The van der Waals surface area contributed by atoms with Crippen molar-refractivity contribution in [1.82, 2.24) is 41.7 Å². The largest absolute Gasteiger partial charge is 0.481 e. The minimum Gasteiger partial charge on any atom is -0.481 e. The number of hydrogen-bond acceptors (Lipinski definition) is 14. The topological polar surface area (TPSA) is 426 Å². The number of carboxylic acid groups (broad SMARTS) is 2. The zero-order valence-corrected chi connectivity index (χ0v) is 42.5. The summed E-state index contributed by atoms with van der Waals surface area (Å²) >= 11 is 0. The number of unbranched alkanes of at least 4 members (excludes halogenated alkanes) is 1. The number of likely N-dealkylation sites (tertiary alicyclic amines) is 2. The number of rotatable bonds is 31. The summed E-state index contributed by atoms with van der Waals surface area (Å²) in [6.07, 6.45) is 2.29. The van der Waals surface area contributed by atoms with Gasteiger partial charge in [-0.2, -0.15) is 0 Å². The maximum Gasteiger partial charge on any atom is 0.326 e. The minimum absolute atomic E-state index is 0.0149. The number of carbonyl (C=O) groups excluding carboxylic acids is 8. The van der Waals surface area contributed by atoms with Crippen molar-refractivity contribution >= 4 is 65.2 Å². The second kappa shape index (κ2) is 30.7. The van der Waals surface area contributed by atoms with Crippen molar-refractivity contribution in [2.24, 2.45) is 45.7 Å². The van der Waals surface area contributed by atoms with Crippen LogP contribution in [0, 0.1) is 17.8 Å². The van der Waals surface area contributed by atoms with E-state index in [9.17, 15) is 63.3 Å². The second-order valence-corrected chi connectivity index (χ2v) is 19.5. The van der Waals surface area contributed by atoms with E-state index in [1.54, 1.807) is 41.5 Å². The molecule has 17 N–H and O–H groups in total. The van der Waals surface area contributed by atoms with Crippen LogP contribution in [0.2, 0.25) is 0 Å². The van der Waals surface area contributed by atoms with Crippen molar-refractivity contribution in [3.63, 3.8) is 0 Å². The summed E-state index contributed by atoms with van der Waals surface area (Å²) in [7, 11) is 0. The van der Waals surface area contributed by atoms with Gasteiger partial charge in [0.05, 0.1) is 12.6 Å². The van der Waals surface area contributed by atoms with E-state index in [0.717, 1.165) is 0 Å². The van der Waals surface area contributed by atoms with E-state index in [0.29, 0.717) is 45.1 Å². The summed E-state index contributed by atoms with van der Waals surface area (Å²) in [6, 6.07) is -11.2. The van der Waals surface area contributed by atoms with Gasteiger partial charge < -0.3 is 80.0 Å². The van der Waals surface area contributed by atoms with Gasteiger partial charge in [0.15, 0.2) is 5.96 Å². The molecule has 0 aromatic carbocycles. The minimum atomic E-state index is -1.58. The number of aliphatic hydroxyl groups is 1. The monoisotopic (exact) mass is 1020 g/mol. The molecule has 8 amide bonds. The number of carbonyl (C=O) groups is 10. The summed E-state index contributed by atoms with van der Waals surface area (Å²) in [4.78, 5) is 140. The van der Waals surface area contributed by atoms with Gasteiger partial charge in [0.25, 0.3) is 0 Å². The molecule has 26 heteroatoms. The molecule has 2 rings (SSSR count). The fourth-order valence-electron chi connectivity index (χ4n) is 8.48.